The molecule has 0 bridgehead atoms. The average molecular weight is 476 g/mol. The van der Waals surface area contributed by atoms with E-state index in [0.717, 1.165) is 32.1 Å². The fraction of sp³-hybridized carbons (Fsp3) is 0.632. The minimum absolute atomic E-state index is 0. The third kappa shape index (κ3) is 7.64. The van der Waals surface area contributed by atoms with E-state index in [-0.39, 0.29) is 24.0 Å². The average Bonchev–Trinajstić information content (AvgIpc) is 2.66. The largest absolute Gasteiger partial charge is 0.370 e. The first-order valence-corrected chi connectivity index (χ1v) is 10.3. The molecule has 0 saturated carbocycles. The van der Waals surface area contributed by atoms with Crippen molar-refractivity contribution in [1.29, 1.82) is 0 Å². The minimum atomic E-state index is 0. The van der Waals surface area contributed by atoms with Crippen LogP contribution in [0.15, 0.2) is 29.3 Å². The van der Waals surface area contributed by atoms with Gasteiger partial charge in [-0.1, -0.05) is 38.8 Å². The molecular weight excluding hydrogens is 443 g/mol. The molecule has 0 amide bonds. The highest BCUT2D eigenvalue weighted by molar-refractivity contribution is 14.0. The number of nitrogens with one attached hydrogen (secondary N) is 2. The first-order chi connectivity index (χ1) is 11.8. The van der Waals surface area contributed by atoms with Crippen molar-refractivity contribution in [3.8, 4) is 0 Å². The van der Waals surface area contributed by atoms with Crippen molar-refractivity contribution in [1.82, 2.24) is 10.6 Å². The van der Waals surface area contributed by atoms with Crippen LogP contribution >= 0.6 is 35.7 Å². The molecule has 2 rings (SSSR count). The predicted molar refractivity (Wildman–Crippen MR) is 124 cm³/mol. The molecule has 4 nitrogen and oxygen atoms in total. The van der Waals surface area contributed by atoms with Crippen molar-refractivity contribution in [3.05, 3.63) is 29.8 Å². The second kappa shape index (κ2) is 12.7. The van der Waals surface area contributed by atoms with Gasteiger partial charge in [0.25, 0.3) is 0 Å². The Morgan fingerprint density at radius 2 is 1.76 bits per heavy atom. The van der Waals surface area contributed by atoms with E-state index in [1.54, 1.807) is 0 Å². The Labute approximate surface area is 174 Å². The van der Waals surface area contributed by atoms with Crippen molar-refractivity contribution >= 4 is 47.4 Å². The number of hydrogen-bond acceptors (Lipinski definition) is 3. The summed E-state index contributed by atoms with van der Waals surface area (Å²) >= 11 is 2.05. The van der Waals surface area contributed by atoms with Gasteiger partial charge in [-0.2, -0.15) is 11.8 Å². The normalized spacial score (nSPS) is 15.0. The van der Waals surface area contributed by atoms with Crippen LogP contribution in [0, 0.1) is 5.92 Å². The summed E-state index contributed by atoms with van der Waals surface area (Å²) in [5.74, 6) is 4.08. The minimum Gasteiger partial charge on any atom is -0.370 e. The molecule has 0 radical (unpaired) electrons. The van der Waals surface area contributed by atoms with Crippen LogP contribution in [-0.2, 0) is 6.54 Å². The van der Waals surface area contributed by atoms with Crippen molar-refractivity contribution in [2.24, 2.45) is 10.9 Å². The lowest BCUT2D eigenvalue weighted by Gasteiger charge is -2.28. The Balaban J connectivity index is 0.00000312. The van der Waals surface area contributed by atoms with Crippen LogP contribution in [0.25, 0.3) is 0 Å². The molecule has 1 heterocycles. The molecule has 1 aromatic rings. The summed E-state index contributed by atoms with van der Waals surface area (Å²) in [5, 5.41) is 6.84. The molecule has 142 valence electrons. The molecule has 0 aromatic heterocycles. The van der Waals surface area contributed by atoms with Gasteiger partial charge in [-0.15, -0.1) is 24.0 Å². The second-order valence-electron chi connectivity index (χ2n) is 6.26. The molecular formula is C19H33IN4S. The van der Waals surface area contributed by atoms with Gasteiger partial charge in [0.05, 0.1) is 0 Å². The van der Waals surface area contributed by atoms with Crippen molar-refractivity contribution < 1.29 is 0 Å². The molecule has 0 atom stereocenters. The molecule has 1 aromatic carbocycles. The van der Waals surface area contributed by atoms with Crippen molar-refractivity contribution in [2.75, 3.05) is 43.1 Å². The maximum atomic E-state index is 4.32. The second-order valence-corrected chi connectivity index (χ2v) is 7.48. The van der Waals surface area contributed by atoms with Gasteiger partial charge in [-0.3, -0.25) is 4.99 Å². The quantitative estimate of drug-likeness (QED) is 0.355. The van der Waals surface area contributed by atoms with Crippen molar-refractivity contribution in [2.45, 2.75) is 33.2 Å². The van der Waals surface area contributed by atoms with Gasteiger partial charge in [0, 0.05) is 50.4 Å². The fourth-order valence-corrected chi connectivity index (χ4v) is 3.77. The SMILES string of the molecule is CCC(CC)CNC(=NC)NCc1ccc(N2CCSCC2)cc1.I. The Morgan fingerprint density at radius 1 is 1.12 bits per heavy atom. The lowest BCUT2D eigenvalue weighted by molar-refractivity contribution is 0.481. The summed E-state index contributed by atoms with van der Waals surface area (Å²) in [6.07, 6.45) is 2.41. The van der Waals surface area contributed by atoms with Crippen molar-refractivity contribution in [3.63, 3.8) is 0 Å². The molecule has 25 heavy (non-hydrogen) atoms. The smallest absolute Gasteiger partial charge is 0.191 e. The Kier molecular flexibility index (Phi) is 11.4. The van der Waals surface area contributed by atoms with E-state index in [0.29, 0.717) is 5.92 Å². The van der Waals surface area contributed by atoms with Crippen LogP contribution in [-0.4, -0.2) is 44.1 Å². The zero-order valence-electron chi connectivity index (χ0n) is 15.8. The molecule has 2 N–H and O–H groups in total. The molecule has 1 fully saturated rings. The molecule has 6 heteroatoms. The van der Waals surface area contributed by atoms with Gasteiger partial charge >= 0.3 is 0 Å². The monoisotopic (exact) mass is 476 g/mol. The predicted octanol–water partition coefficient (Wildman–Crippen LogP) is 3.96. The first-order valence-electron chi connectivity index (χ1n) is 9.13. The molecule has 1 aliphatic heterocycles. The highest BCUT2D eigenvalue weighted by atomic mass is 127. The van der Waals surface area contributed by atoms with Crippen LogP contribution < -0.4 is 15.5 Å². The summed E-state index contributed by atoms with van der Waals surface area (Å²) in [6.45, 7) is 8.60. The highest BCUT2D eigenvalue weighted by Crippen LogP contribution is 2.19. The molecule has 1 saturated heterocycles. The number of halogens is 1. The Bertz CT molecular complexity index is 497. The van der Waals surface area contributed by atoms with E-state index in [1.807, 2.05) is 18.8 Å². The van der Waals surface area contributed by atoms with Crippen LogP contribution in [0.3, 0.4) is 0 Å². The van der Waals surface area contributed by atoms with Gasteiger partial charge in [-0.25, -0.2) is 0 Å². The maximum Gasteiger partial charge on any atom is 0.191 e. The number of anilines is 1. The third-order valence-corrected chi connectivity index (χ3v) is 5.65. The molecule has 1 aliphatic rings. The van der Waals surface area contributed by atoms with Crippen LogP contribution in [0.2, 0.25) is 0 Å². The summed E-state index contributed by atoms with van der Waals surface area (Å²) in [7, 11) is 1.83. The Morgan fingerprint density at radius 3 is 2.32 bits per heavy atom. The molecule has 0 unspecified atom stereocenters. The number of benzene rings is 1. The van der Waals surface area contributed by atoms with E-state index in [1.165, 1.54) is 35.6 Å². The van der Waals surface area contributed by atoms with Crippen LogP contribution in [0.5, 0.6) is 0 Å². The van der Waals surface area contributed by atoms with Gasteiger partial charge < -0.3 is 15.5 Å². The molecule has 0 spiro atoms. The summed E-state index contributed by atoms with van der Waals surface area (Å²) < 4.78 is 0. The van der Waals surface area contributed by atoms with Crippen LogP contribution in [0.1, 0.15) is 32.3 Å². The number of nitrogens with zero attached hydrogens (tertiary/aromatic N) is 2. The Hall–Kier alpha value is -0.630. The number of guanidine groups is 1. The number of thioether (sulfide) groups is 1. The van der Waals surface area contributed by atoms with Gasteiger partial charge in [0.1, 0.15) is 0 Å². The first kappa shape index (κ1) is 22.4. The number of rotatable bonds is 7. The van der Waals surface area contributed by atoms with E-state index in [4.69, 9.17) is 0 Å². The summed E-state index contributed by atoms with van der Waals surface area (Å²) in [4.78, 5) is 6.79. The van der Waals surface area contributed by atoms with E-state index < -0.39 is 0 Å². The lowest BCUT2D eigenvalue weighted by atomic mass is 10.0. The topological polar surface area (TPSA) is 39.7 Å². The highest BCUT2D eigenvalue weighted by Gasteiger charge is 2.11. The van der Waals surface area contributed by atoms with E-state index in [9.17, 15) is 0 Å². The van der Waals surface area contributed by atoms with E-state index >= 15 is 0 Å². The zero-order chi connectivity index (χ0) is 17.2. The maximum absolute atomic E-state index is 4.32. The lowest BCUT2D eigenvalue weighted by Crippen LogP contribution is -2.39. The number of hydrogen-bond donors (Lipinski definition) is 2. The molecule has 0 aliphatic carbocycles. The van der Waals surface area contributed by atoms with Crippen LogP contribution in [0.4, 0.5) is 5.69 Å². The third-order valence-electron chi connectivity index (χ3n) is 4.71. The standard InChI is InChI=1S/C19H32N4S.HI/c1-4-16(5-2)14-21-19(20-3)22-15-17-6-8-18(9-7-17)23-10-12-24-13-11-23;/h6-9,16H,4-5,10-15H2,1-3H3,(H2,20,21,22);1H. The zero-order valence-corrected chi connectivity index (χ0v) is 18.9. The van der Waals surface area contributed by atoms with E-state index in [2.05, 4.69) is 58.6 Å². The van der Waals surface area contributed by atoms with Gasteiger partial charge in [0.2, 0.25) is 0 Å². The summed E-state index contributed by atoms with van der Waals surface area (Å²) in [5.41, 5.74) is 2.63. The number of aliphatic imine (C=N–C) groups is 1. The van der Waals surface area contributed by atoms with Gasteiger partial charge in [0.15, 0.2) is 5.96 Å². The van der Waals surface area contributed by atoms with Gasteiger partial charge in [-0.05, 0) is 23.6 Å². The fourth-order valence-electron chi connectivity index (χ4n) is 2.87. The summed E-state index contributed by atoms with van der Waals surface area (Å²) in [6, 6.07) is 8.93.